The van der Waals surface area contributed by atoms with Crippen LogP contribution in [0.2, 0.25) is 0 Å². The number of carboxylic acid groups (broad SMARTS) is 1. The molecule has 1 N–H and O–H groups in total. The Balaban J connectivity index is 2.60. The van der Waals surface area contributed by atoms with Crippen molar-refractivity contribution < 1.29 is 24.2 Å². The monoisotopic (exact) mass is 329 g/mol. The number of carbonyl (C=O) groups excluding carboxylic acids is 1. The molecule has 1 heterocycles. The van der Waals surface area contributed by atoms with Crippen molar-refractivity contribution in [1.29, 1.82) is 0 Å². The van der Waals surface area contributed by atoms with Crippen molar-refractivity contribution in [1.82, 2.24) is 4.90 Å². The molecule has 1 amide bonds. The topological polar surface area (TPSA) is 76.1 Å². The summed E-state index contributed by atoms with van der Waals surface area (Å²) >= 11 is 0. The molecule has 6 heteroatoms. The second kappa shape index (κ2) is 7.07. The van der Waals surface area contributed by atoms with E-state index in [1.807, 2.05) is 41.5 Å². The summed E-state index contributed by atoms with van der Waals surface area (Å²) in [5.74, 6) is -0.807. The van der Waals surface area contributed by atoms with Crippen LogP contribution in [0.1, 0.15) is 60.8 Å². The molecule has 0 aromatic heterocycles. The third-order valence-corrected chi connectivity index (χ3v) is 3.94. The van der Waals surface area contributed by atoms with Crippen LogP contribution >= 0.6 is 0 Å². The first kappa shape index (κ1) is 19.7. The minimum Gasteiger partial charge on any atom is -0.481 e. The molecule has 1 aliphatic rings. The fourth-order valence-electron chi connectivity index (χ4n) is 2.57. The van der Waals surface area contributed by atoms with Gasteiger partial charge in [-0.3, -0.25) is 4.79 Å². The van der Waals surface area contributed by atoms with Crippen molar-refractivity contribution in [2.45, 2.75) is 72.0 Å². The predicted octanol–water partition coefficient (Wildman–Crippen LogP) is 3.29. The van der Waals surface area contributed by atoms with Crippen LogP contribution in [0.4, 0.5) is 4.79 Å². The third-order valence-electron chi connectivity index (χ3n) is 3.94. The number of carbonyl (C=O) groups is 2. The number of hydrogen-bond acceptors (Lipinski definition) is 4. The Kier molecular flexibility index (Phi) is 6.07. The van der Waals surface area contributed by atoms with E-state index in [4.69, 9.17) is 9.47 Å². The second-order valence-corrected chi connectivity index (χ2v) is 8.26. The largest absolute Gasteiger partial charge is 0.481 e. The molecule has 23 heavy (non-hydrogen) atoms. The fourth-order valence-corrected chi connectivity index (χ4v) is 2.57. The molecule has 0 unspecified atom stereocenters. The molecule has 1 fully saturated rings. The number of likely N-dealkylation sites (tertiary alicyclic amines) is 1. The van der Waals surface area contributed by atoms with Crippen LogP contribution < -0.4 is 0 Å². The summed E-state index contributed by atoms with van der Waals surface area (Å²) in [6.45, 7) is 12.5. The van der Waals surface area contributed by atoms with Crippen LogP contribution in [0.25, 0.3) is 0 Å². The van der Waals surface area contributed by atoms with E-state index >= 15 is 0 Å². The average Bonchev–Trinajstić information content (AvgIpc) is 2.35. The maximum atomic E-state index is 12.1. The number of amides is 1. The molecule has 0 spiro atoms. The highest BCUT2D eigenvalue weighted by Gasteiger charge is 2.43. The number of carboxylic acids is 1. The van der Waals surface area contributed by atoms with E-state index < -0.39 is 17.0 Å². The third kappa shape index (κ3) is 6.37. The molecule has 0 aliphatic carbocycles. The van der Waals surface area contributed by atoms with Gasteiger partial charge in [-0.05, 0) is 60.8 Å². The molecular weight excluding hydrogens is 298 g/mol. The van der Waals surface area contributed by atoms with Gasteiger partial charge >= 0.3 is 12.1 Å². The number of hydrogen-bond donors (Lipinski definition) is 1. The first-order valence-electron chi connectivity index (χ1n) is 8.20. The molecule has 0 radical (unpaired) electrons. The van der Waals surface area contributed by atoms with E-state index in [-0.39, 0.29) is 11.7 Å². The zero-order valence-corrected chi connectivity index (χ0v) is 15.3. The van der Waals surface area contributed by atoms with Gasteiger partial charge in [0.1, 0.15) is 5.60 Å². The number of nitrogens with zero attached hydrogens (tertiary/aromatic N) is 1. The van der Waals surface area contributed by atoms with Crippen molar-refractivity contribution in [2.24, 2.45) is 5.41 Å². The first-order valence-corrected chi connectivity index (χ1v) is 8.20. The molecule has 1 rings (SSSR count). The fraction of sp³-hybridized carbons (Fsp3) is 0.882. The van der Waals surface area contributed by atoms with Gasteiger partial charge in [0.15, 0.2) is 0 Å². The highest BCUT2D eigenvalue weighted by atomic mass is 16.6. The van der Waals surface area contributed by atoms with Crippen molar-refractivity contribution in [3.8, 4) is 0 Å². The molecule has 0 aromatic carbocycles. The first-order chi connectivity index (χ1) is 10.3. The molecule has 0 bridgehead atoms. The number of aliphatic carboxylic acids is 1. The molecule has 1 saturated heterocycles. The summed E-state index contributed by atoms with van der Waals surface area (Å²) in [6.07, 6.45) is 0.939. The standard InChI is InChI=1S/C17H31NO5/c1-15(2,3)22-12-9-17(13(19)20)7-10-18(11-8-17)14(21)23-16(4,5)6/h7-12H2,1-6H3,(H,19,20). The van der Waals surface area contributed by atoms with Crippen LogP contribution in [0.15, 0.2) is 0 Å². The smallest absolute Gasteiger partial charge is 0.410 e. The van der Waals surface area contributed by atoms with Gasteiger partial charge in [-0.2, -0.15) is 0 Å². The molecule has 0 saturated carbocycles. The number of rotatable bonds is 4. The maximum absolute atomic E-state index is 12.1. The molecule has 134 valence electrons. The SMILES string of the molecule is CC(C)(C)OCCC1(C(=O)O)CCN(C(=O)OC(C)(C)C)CC1. The Labute approximate surface area is 139 Å². The highest BCUT2D eigenvalue weighted by Crippen LogP contribution is 2.36. The normalized spacial score (nSPS) is 18.6. The van der Waals surface area contributed by atoms with E-state index in [0.717, 1.165) is 0 Å². The zero-order valence-electron chi connectivity index (χ0n) is 15.3. The van der Waals surface area contributed by atoms with Crippen molar-refractivity contribution in [3.05, 3.63) is 0 Å². The summed E-state index contributed by atoms with van der Waals surface area (Å²) in [6, 6.07) is 0. The van der Waals surface area contributed by atoms with Gasteiger partial charge in [-0.25, -0.2) is 4.79 Å². The Morgan fingerprint density at radius 2 is 1.57 bits per heavy atom. The van der Waals surface area contributed by atoms with Crippen molar-refractivity contribution in [3.63, 3.8) is 0 Å². The Bertz CT molecular complexity index is 425. The summed E-state index contributed by atoms with van der Waals surface area (Å²) < 4.78 is 11.0. The van der Waals surface area contributed by atoms with Crippen LogP contribution in [-0.2, 0) is 14.3 Å². The van der Waals surface area contributed by atoms with E-state index in [0.29, 0.717) is 39.0 Å². The van der Waals surface area contributed by atoms with Gasteiger partial charge in [0.2, 0.25) is 0 Å². The quantitative estimate of drug-likeness (QED) is 0.856. The lowest BCUT2D eigenvalue weighted by molar-refractivity contribution is -0.154. The van der Waals surface area contributed by atoms with Gasteiger partial charge in [-0.15, -0.1) is 0 Å². The summed E-state index contributed by atoms with van der Waals surface area (Å²) in [5.41, 5.74) is -1.64. The Hall–Kier alpha value is -1.30. The predicted molar refractivity (Wildman–Crippen MR) is 87.4 cm³/mol. The lowest BCUT2D eigenvalue weighted by atomic mass is 9.76. The van der Waals surface area contributed by atoms with Gasteiger partial charge in [0.25, 0.3) is 0 Å². The van der Waals surface area contributed by atoms with E-state index in [2.05, 4.69) is 0 Å². The summed E-state index contributed by atoms with van der Waals surface area (Å²) in [5, 5.41) is 9.64. The highest BCUT2D eigenvalue weighted by molar-refractivity contribution is 5.75. The lowest BCUT2D eigenvalue weighted by Gasteiger charge is -2.39. The van der Waals surface area contributed by atoms with Crippen LogP contribution in [0.3, 0.4) is 0 Å². The van der Waals surface area contributed by atoms with Crippen LogP contribution in [0.5, 0.6) is 0 Å². The summed E-state index contributed by atoms with van der Waals surface area (Å²) in [7, 11) is 0. The lowest BCUT2D eigenvalue weighted by Crippen LogP contribution is -2.48. The van der Waals surface area contributed by atoms with Crippen molar-refractivity contribution >= 4 is 12.1 Å². The molecule has 6 nitrogen and oxygen atoms in total. The van der Waals surface area contributed by atoms with Gasteiger partial charge in [-0.1, -0.05) is 0 Å². The molecular formula is C17H31NO5. The van der Waals surface area contributed by atoms with Gasteiger partial charge < -0.3 is 19.5 Å². The molecule has 1 aliphatic heterocycles. The Morgan fingerprint density at radius 3 is 1.96 bits per heavy atom. The minimum absolute atomic E-state index is 0.281. The van der Waals surface area contributed by atoms with E-state index in [1.165, 1.54) is 0 Å². The average molecular weight is 329 g/mol. The Morgan fingerprint density at radius 1 is 1.04 bits per heavy atom. The van der Waals surface area contributed by atoms with Crippen LogP contribution in [-0.4, -0.2) is 53.0 Å². The van der Waals surface area contributed by atoms with E-state index in [9.17, 15) is 14.7 Å². The van der Waals surface area contributed by atoms with Gasteiger partial charge in [0, 0.05) is 19.7 Å². The van der Waals surface area contributed by atoms with E-state index in [1.54, 1.807) is 4.90 Å². The molecule has 0 aromatic rings. The summed E-state index contributed by atoms with van der Waals surface area (Å²) in [4.78, 5) is 25.4. The van der Waals surface area contributed by atoms with Crippen LogP contribution in [0, 0.1) is 5.41 Å². The zero-order chi connectivity index (χ0) is 17.9. The molecule has 0 atom stereocenters. The second-order valence-electron chi connectivity index (χ2n) is 8.26. The minimum atomic E-state index is -0.816. The number of ether oxygens (including phenoxy) is 2. The van der Waals surface area contributed by atoms with Crippen molar-refractivity contribution in [2.75, 3.05) is 19.7 Å². The van der Waals surface area contributed by atoms with Gasteiger partial charge in [0.05, 0.1) is 11.0 Å². The maximum Gasteiger partial charge on any atom is 0.410 e. The number of piperidine rings is 1.